The molecule has 0 spiro atoms. The van der Waals surface area contributed by atoms with E-state index in [2.05, 4.69) is 30.4 Å². The summed E-state index contributed by atoms with van der Waals surface area (Å²) in [7, 11) is 0. The second-order valence-electron chi connectivity index (χ2n) is 3.74. The molecule has 2 rings (SSSR count). The van der Waals surface area contributed by atoms with E-state index < -0.39 is 0 Å². The van der Waals surface area contributed by atoms with E-state index in [1.165, 1.54) is 24.0 Å². The zero-order valence-corrected chi connectivity index (χ0v) is 8.27. The van der Waals surface area contributed by atoms with E-state index in [1.54, 1.807) is 5.56 Å². The van der Waals surface area contributed by atoms with Crippen LogP contribution in [0.4, 0.5) is 0 Å². The topological polar surface area (TPSA) is 12.0 Å². The number of nitrogens with one attached hydrogen (secondary N) is 1. The Morgan fingerprint density at radius 2 is 2.23 bits per heavy atom. The molecule has 0 fully saturated rings. The van der Waals surface area contributed by atoms with Crippen LogP contribution in [0.5, 0.6) is 0 Å². The molecule has 13 heavy (non-hydrogen) atoms. The first-order valence-corrected chi connectivity index (χ1v) is 5.21. The molecule has 0 saturated carbocycles. The Kier molecular flexibility index (Phi) is 2.65. The van der Waals surface area contributed by atoms with E-state index in [0.29, 0.717) is 0 Å². The third-order valence-corrected chi connectivity index (χ3v) is 2.79. The maximum atomic E-state index is 3.45. The Bertz CT molecular complexity index is 291. The van der Waals surface area contributed by atoms with Crippen LogP contribution in [-0.2, 0) is 19.4 Å². The summed E-state index contributed by atoms with van der Waals surface area (Å²) in [5.41, 5.74) is 4.52. The summed E-state index contributed by atoms with van der Waals surface area (Å²) in [5, 5.41) is 3.45. The van der Waals surface area contributed by atoms with E-state index in [0.717, 1.165) is 19.5 Å². The predicted molar refractivity (Wildman–Crippen MR) is 55.8 cm³/mol. The molecule has 0 bridgehead atoms. The van der Waals surface area contributed by atoms with Crippen molar-refractivity contribution in [1.82, 2.24) is 5.32 Å². The number of fused-ring (bicyclic) bond motifs is 1. The van der Waals surface area contributed by atoms with Crippen molar-refractivity contribution in [3.05, 3.63) is 34.9 Å². The normalized spacial score (nSPS) is 16.4. The Balaban J connectivity index is 2.32. The second kappa shape index (κ2) is 3.93. The highest BCUT2D eigenvalue weighted by molar-refractivity contribution is 5.32. The van der Waals surface area contributed by atoms with Gasteiger partial charge >= 0.3 is 0 Å². The highest BCUT2D eigenvalue weighted by Crippen LogP contribution is 2.16. The summed E-state index contributed by atoms with van der Waals surface area (Å²) < 4.78 is 0. The van der Waals surface area contributed by atoms with Gasteiger partial charge in [0.05, 0.1) is 0 Å². The molecule has 0 aromatic heterocycles. The largest absolute Gasteiger partial charge is 0.313 e. The van der Waals surface area contributed by atoms with Gasteiger partial charge in [0.1, 0.15) is 0 Å². The van der Waals surface area contributed by atoms with Crippen molar-refractivity contribution < 1.29 is 0 Å². The highest BCUT2D eigenvalue weighted by Gasteiger charge is 2.06. The number of rotatable bonds is 1. The molecule has 70 valence electrons. The van der Waals surface area contributed by atoms with Gasteiger partial charge in [0.25, 0.3) is 0 Å². The molecule has 0 unspecified atom stereocenters. The number of aryl methyl sites for hydroxylation is 2. The van der Waals surface area contributed by atoms with E-state index >= 15 is 0 Å². The monoisotopic (exact) mass is 175 g/mol. The van der Waals surface area contributed by atoms with Gasteiger partial charge in [-0.05, 0) is 42.5 Å². The molecule has 1 nitrogen and oxygen atoms in total. The lowest BCUT2D eigenvalue weighted by atomic mass is 10.0. The third-order valence-electron chi connectivity index (χ3n) is 2.79. The van der Waals surface area contributed by atoms with Gasteiger partial charge in [0, 0.05) is 6.54 Å². The molecule has 0 amide bonds. The molecule has 1 heterocycles. The van der Waals surface area contributed by atoms with Crippen molar-refractivity contribution in [2.45, 2.75) is 32.7 Å². The highest BCUT2D eigenvalue weighted by atomic mass is 14.8. The molecule has 1 aromatic carbocycles. The van der Waals surface area contributed by atoms with Crippen molar-refractivity contribution in [1.29, 1.82) is 0 Å². The molecule has 1 aliphatic rings. The van der Waals surface area contributed by atoms with Crippen molar-refractivity contribution >= 4 is 0 Å². The summed E-state index contributed by atoms with van der Waals surface area (Å²) >= 11 is 0. The van der Waals surface area contributed by atoms with Gasteiger partial charge < -0.3 is 5.32 Å². The molecule has 0 saturated heterocycles. The van der Waals surface area contributed by atoms with Crippen LogP contribution in [0.15, 0.2) is 18.2 Å². The van der Waals surface area contributed by atoms with Gasteiger partial charge in [0.2, 0.25) is 0 Å². The van der Waals surface area contributed by atoms with Gasteiger partial charge in [-0.2, -0.15) is 0 Å². The number of benzene rings is 1. The van der Waals surface area contributed by atoms with Crippen molar-refractivity contribution in [3.63, 3.8) is 0 Å². The summed E-state index contributed by atoms with van der Waals surface area (Å²) in [5.74, 6) is 0. The third kappa shape index (κ3) is 1.92. The maximum Gasteiger partial charge on any atom is 0.0208 e. The summed E-state index contributed by atoms with van der Waals surface area (Å²) in [6, 6.07) is 6.93. The zero-order valence-electron chi connectivity index (χ0n) is 8.27. The van der Waals surface area contributed by atoms with E-state index in [4.69, 9.17) is 0 Å². The fraction of sp³-hybridized carbons (Fsp3) is 0.500. The van der Waals surface area contributed by atoms with Crippen LogP contribution in [0.3, 0.4) is 0 Å². The van der Waals surface area contributed by atoms with Crippen LogP contribution in [0.2, 0.25) is 0 Å². The van der Waals surface area contributed by atoms with E-state index in [9.17, 15) is 0 Å². The maximum absolute atomic E-state index is 3.45. The first-order valence-electron chi connectivity index (χ1n) is 5.21. The quantitative estimate of drug-likeness (QED) is 0.690. The molecule has 0 atom stereocenters. The molecule has 1 aliphatic heterocycles. The first kappa shape index (κ1) is 8.76. The van der Waals surface area contributed by atoms with Crippen molar-refractivity contribution in [2.24, 2.45) is 0 Å². The molecule has 0 radical (unpaired) electrons. The predicted octanol–water partition coefficient (Wildman–Crippen LogP) is 2.28. The van der Waals surface area contributed by atoms with Crippen molar-refractivity contribution in [3.8, 4) is 0 Å². The SMILES string of the molecule is CCc1ccc2c(c1)CNCCC2. The Morgan fingerprint density at radius 3 is 3.08 bits per heavy atom. The molecular weight excluding hydrogens is 158 g/mol. The molecular formula is C12H17N. The lowest BCUT2D eigenvalue weighted by Crippen LogP contribution is -2.12. The smallest absolute Gasteiger partial charge is 0.0208 e. The standard InChI is InChI=1S/C12H17N/c1-2-10-5-6-11-4-3-7-13-9-12(11)8-10/h5-6,8,13H,2-4,7,9H2,1H3. The van der Waals surface area contributed by atoms with Gasteiger partial charge in [-0.15, -0.1) is 0 Å². The first-order chi connectivity index (χ1) is 6.40. The molecule has 0 aliphatic carbocycles. The Labute approximate surface area is 80.2 Å². The Hall–Kier alpha value is -0.820. The minimum Gasteiger partial charge on any atom is -0.313 e. The van der Waals surface area contributed by atoms with Crippen LogP contribution in [0, 0.1) is 0 Å². The fourth-order valence-corrected chi connectivity index (χ4v) is 1.93. The van der Waals surface area contributed by atoms with Gasteiger partial charge in [-0.3, -0.25) is 0 Å². The molecule has 1 heteroatoms. The number of hydrogen-bond donors (Lipinski definition) is 1. The lowest BCUT2D eigenvalue weighted by molar-refractivity contribution is 0.680. The summed E-state index contributed by atoms with van der Waals surface area (Å²) in [4.78, 5) is 0. The summed E-state index contributed by atoms with van der Waals surface area (Å²) in [6.07, 6.45) is 3.66. The minimum atomic E-state index is 1.06. The fourth-order valence-electron chi connectivity index (χ4n) is 1.93. The molecule has 1 N–H and O–H groups in total. The van der Waals surface area contributed by atoms with Crippen LogP contribution >= 0.6 is 0 Å². The van der Waals surface area contributed by atoms with E-state index in [1.807, 2.05) is 0 Å². The van der Waals surface area contributed by atoms with Crippen molar-refractivity contribution in [2.75, 3.05) is 6.54 Å². The number of hydrogen-bond acceptors (Lipinski definition) is 1. The van der Waals surface area contributed by atoms with Crippen LogP contribution in [-0.4, -0.2) is 6.54 Å². The van der Waals surface area contributed by atoms with Gasteiger partial charge in [-0.1, -0.05) is 25.1 Å². The van der Waals surface area contributed by atoms with Gasteiger partial charge in [-0.25, -0.2) is 0 Å². The average Bonchev–Trinajstić information content (AvgIpc) is 2.41. The summed E-state index contributed by atoms with van der Waals surface area (Å²) in [6.45, 7) is 4.44. The van der Waals surface area contributed by atoms with Crippen LogP contribution < -0.4 is 5.32 Å². The average molecular weight is 175 g/mol. The van der Waals surface area contributed by atoms with Gasteiger partial charge in [0.15, 0.2) is 0 Å². The second-order valence-corrected chi connectivity index (χ2v) is 3.74. The van der Waals surface area contributed by atoms with Crippen LogP contribution in [0.1, 0.15) is 30.0 Å². The Morgan fingerprint density at radius 1 is 1.31 bits per heavy atom. The molecule has 1 aromatic rings. The zero-order chi connectivity index (χ0) is 9.10. The van der Waals surface area contributed by atoms with Crippen LogP contribution in [0.25, 0.3) is 0 Å². The lowest BCUT2D eigenvalue weighted by Gasteiger charge is -2.07. The minimum absolute atomic E-state index is 1.06. The van der Waals surface area contributed by atoms with E-state index in [-0.39, 0.29) is 0 Å².